The molecule has 1 aliphatic heterocycles. The van der Waals surface area contributed by atoms with Crippen molar-refractivity contribution in [3.05, 3.63) is 39.9 Å². The van der Waals surface area contributed by atoms with Crippen LogP contribution in [0.15, 0.2) is 24.3 Å². The van der Waals surface area contributed by atoms with E-state index in [2.05, 4.69) is 0 Å². The average Bonchev–Trinajstić information content (AvgIpc) is 2.81. The third kappa shape index (κ3) is 2.16. The van der Waals surface area contributed by atoms with Gasteiger partial charge < -0.3 is 4.90 Å². The van der Waals surface area contributed by atoms with Crippen LogP contribution in [0.3, 0.4) is 0 Å². The molecule has 0 N–H and O–H groups in total. The summed E-state index contributed by atoms with van der Waals surface area (Å²) in [6, 6.07) is 5.72. The number of thioether (sulfide) groups is 1. The summed E-state index contributed by atoms with van der Waals surface area (Å²) in [6.07, 6.45) is 0. The molecule has 6 heteroatoms. The smallest absolute Gasteiger partial charge is 0.269 e. The maximum absolute atomic E-state index is 11.9. The number of nitro groups is 1. The summed E-state index contributed by atoms with van der Waals surface area (Å²) in [4.78, 5) is 23.6. The van der Waals surface area contributed by atoms with Crippen LogP contribution in [0, 0.1) is 10.1 Å². The molecule has 0 saturated carbocycles. The molecular formula is C10H10N2O3S. The summed E-state index contributed by atoms with van der Waals surface area (Å²) >= 11 is 1.71. The number of nitrogens with zero attached hydrogens (tertiary/aromatic N) is 2. The van der Waals surface area contributed by atoms with E-state index in [1.54, 1.807) is 16.7 Å². The minimum Gasteiger partial charge on any atom is -0.329 e. The second-order valence-corrected chi connectivity index (χ2v) is 4.48. The lowest BCUT2D eigenvalue weighted by Gasteiger charge is -2.13. The highest BCUT2D eigenvalue weighted by molar-refractivity contribution is 7.99. The van der Waals surface area contributed by atoms with E-state index < -0.39 is 4.92 Å². The SMILES string of the molecule is O=C(c1ccc([N+](=O)[O-])cc1)N1CCSC1. The number of carbonyl (C=O) groups excluding carboxylic acids is 1. The molecule has 1 fully saturated rings. The Hall–Kier alpha value is -1.56. The molecule has 1 aromatic carbocycles. The Morgan fingerprint density at radius 2 is 2.06 bits per heavy atom. The fourth-order valence-electron chi connectivity index (χ4n) is 1.48. The predicted octanol–water partition coefficient (Wildman–Crippen LogP) is 1.74. The van der Waals surface area contributed by atoms with Gasteiger partial charge in [0.15, 0.2) is 0 Å². The number of carbonyl (C=O) groups is 1. The lowest BCUT2D eigenvalue weighted by atomic mass is 10.2. The average molecular weight is 238 g/mol. The highest BCUT2D eigenvalue weighted by Gasteiger charge is 2.20. The number of rotatable bonds is 2. The maximum atomic E-state index is 11.9. The molecule has 0 atom stereocenters. The molecule has 0 aromatic heterocycles. The van der Waals surface area contributed by atoms with Crippen molar-refractivity contribution in [1.82, 2.24) is 4.90 Å². The Balaban J connectivity index is 2.14. The Morgan fingerprint density at radius 3 is 2.56 bits per heavy atom. The van der Waals surface area contributed by atoms with Gasteiger partial charge in [0.25, 0.3) is 11.6 Å². The number of hydrogen-bond donors (Lipinski definition) is 0. The normalized spacial score (nSPS) is 15.1. The molecule has 0 radical (unpaired) electrons. The first-order valence-corrected chi connectivity index (χ1v) is 5.95. The fraction of sp³-hybridized carbons (Fsp3) is 0.300. The van der Waals surface area contributed by atoms with E-state index in [4.69, 9.17) is 0 Å². The van der Waals surface area contributed by atoms with Gasteiger partial charge in [0.05, 0.1) is 10.8 Å². The number of nitro benzene ring substituents is 1. The third-order valence-corrected chi connectivity index (χ3v) is 3.33. The molecular weight excluding hydrogens is 228 g/mol. The van der Waals surface area contributed by atoms with Gasteiger partial charge >= 0.3 is 0 Å². The molecule has 2 rings (SSSR count). The summed E-state index contributed by atoms with van der Waals surface area (Å²) in [6.45, 7) is 0.750. The van der Waals surface area contributed by atoms with Gasteiger partial charge in [-0.05, 0) is 12.1 Å². The van der Waals surface area contributed by atoms with Crippen LogP contribution in [-0.4, -0.2) is 33.9 Å². The van der Waals surface area contributed by atoms with Crippen LogP contribution in [0.1, 0.15) is 10.4 Å². The first-order chi connectivity index (χ1) is 7.68. The predicted molar refractivity (Wildman–Crippen MR) is 61.5 cm³/mol. The quantitative estimate of drug-likeness (QED) is 0.581. The van der Waals surface area contributed by atoms with E-state index in [1.165, 1.54) is 24.3 Å². The van der Waals surface area contributed by atoms with Crippen molar-refractivity contribution in [2.75, 3.05) is 18.2 Å². The standard InChI is InChI=1S/C10H10N2O3S/c13-10(11-5-6-16-7-11)8-1-3-9(4-2-8)12(14)15/h1-4H,5-7H2. The van der Waals surface area contributed by atoms with Crippen molar-refractivity contribution < 1.29 is 9.72 Å². The molecule has 5 nitrogen and oxygen atoms in total. The number of non-ortho nitro benzene ring substituents is 1. The van der Waals surface area contributed by atoms with Crippen molar-refractivity contribution in [1.29, 1.82) is 0 Å². The van der Waals surface area contributed by atoms with E-state index in [0.29, 0.717) is 11.4 Å². The molecule has 0 bridgehead atoms. The fourth-order valence-corrected chi connectivity index (χ4v) is 2.43. The molecule has 1 amide bonds. The molecule has 0 spiro atoms. The number of amides is 1. The van der Waals surface area contributed by atoms with E-state index in [0.717, 1.165) is 12.3 Å². The van der Waals surface area contributed by atoms with Crippen LogP contribution in [0.5, 0.6) is 0 Å². The van der Waals surface area contributed by atoms with E-state index in [1.807, 2.05) is 0 Å². The van der Waals surface area contributed by atoms with Gasteiger partial charge in [-0.2, -0.15) is 0 Å². The van der Waals surface area contributed by atoms with E-state index in [9.17, 15) is 14.9 Å². The van der Waals surface area contributed by atoms with Gasteiger partial charge in [0.2, 0.25) is 0 Å². The Morgan fingerprint density at radius 1 is 1.38 bits per heavy atom. The molecule has 84 valence electrons. The highest BCUT2D eigenvalue weighted by atomic mass is 32.2. The van der Waals surface area contributed by atoms with Crippen LogP contribution in [0.4, 0.5) is 5.69 Å². The second kappa shape index (κ2) is 4.52. The Labute approximate surface area is 96.6 Å². The van der Waals surface area contributed by atoms with Gasteiger partial charge in [-0.1, -0.05) is 0 Å². The van der Waals surface area contributed by atoms with Crippen molar-refractivity contribution in [2.45, 2.75) is 0 Å². The monoisotopic (exact) mass is 238 g/mol. The van der Waals surface area contributed by atoms with Crippen molar-refractivity contribution in [3.63, 3.8) is 0 Å². The molecule has 1 saturated heterocycles. The van der Waals surface area contributed by atoms with Gasteiger partial charge in [-0.15, -0.1) is 11.8 Å². The van der Waals surface area contributed by atoms with Gasteiger partial charge in [-0.3, -0.25) is 14.9 Å². The molecule has 16 heavy (non-hydrogen) atoms. The summed E-state index contributed by atoms with van der Waals surface area (Å²) in [5, 5.41) is 10.4. The van der Waals surface area contributed by atoms with Gasteiger partial charge in [0, 0.05) is 30.0 Å². The van der Waals surface area contributed by atoms with Crippen molar-refractivity contribution in [2.24, 2.45) is 0 Å². The number of hydrogen-bond acceptors (Lipinski definition) is 4. The maximum Gasteiger partial charge on any atom is 0.269 e. The topological polar surface area (TPSA) is 63.4 Å². The lowest BCUT2D eigenvalue weighted by Crippen LogP contribution is -2.27. The first kappa shape index (κ1) is 10.9. The van der Waals surface area contributed by atoms with Crippen molar-refractivity contribution >= 4 is 23.4 Å². The third-order valence-electron chi connectivity index (χ3n) is 2.36. The zero-order valence-corrected chi connectivity index (χ0v) is 9.27. The van der Waals surface area contributed by atoms with Crippen LogP contribution >= 0.6 is 11.8 Å². The summed E-state index contributed by atoms with van der Waals surface area (Å²) in [5.41, 5.74) is 0.514. The molecule has 1 heterocycles. The molecule has 1 aliphatic rings. The Bertz CT molecular complexity index is 413. The van der Waals surface area contributed by atoms with Crippen LogP contribution in [0.25, 0.3) is 0 Å². The minimum atomic E-state index is -0.472. The van der Waals surface area contributed by atoms with Crippen LogP contribution in [-0.2, 0) is 0 Å². The molecule has 0 unspecified atom stereocenters. The van der Waals surface area contributed by atoms with Gasteiger partial charge in [0.1, 0.15) is 0 Å². The summed E-state index contributed by atoms with van der Waals surface area (Å²) < 4.78 is 0. The zero-order chi connectivity index (χ0) is 11.5. The van der Waals surface area contributed by atoms with Crippen LogP contribution in [0.2, 0.25) is 0 Å². The Kier molecular flexibility index (Phi) is 3.09. The molecule has 0 aliphatic carbocycles. The summed E-state index contributed by atoms with van der Waals surface area (Å²) in [7, 11) is 0. The van der Waals surface area contributed by atoms with Gasteiger partial charge in [-0.25, -0.2) is 0 Å². The second-order valence-electron chi connectivity index (χ2n) is 3.41. The number of benzene rings is 1. The minimum absolute atomic E-state index is 0.00680. The zero-order valence-electron chi connectivity index (χ0n) is 8.46. The summed E-state index contributed by atoms with van der Waals surface area (Å²) in [5.74, 6) is 1.61. The first-order valence-electron chi connectivity index (χ1n) is 4.80. The van der Waals surface area contributed by atoms with E-state index in [-0.39, 0.29) is 11.6 Å². The van der Waals surface area contributed by atoms with Crippen molar-refractivity contribution in [3.8, 4) is 0 Å². The lowest BCUT2D eigenvalue weighted by molar-refractivity contribution is -0.384. The molecule has 1 aromatic rings. The van der Waals surface area contributed by atoms with E-state index >= 15 is 0 Å². The van der Waals surface area contributed by atoms with Crippen LogP contribution < -0.4 is 0 Å². The highest BCUT2D eigenvalue weighted by Crippen LogP contribution is 2.18. The largest absolute Gasteiger partial charge is 0.329 e.